The van der Waals surface area contributed by atoms with E-state index in [0.29, 0.717) is 28.6 Å². The Morgan fingerprint density at radius 1 is 1.08 bits per heavy atom. The summed E-state index contributed by atoms with van der Waals surface area (Å²) in [6.07, 6.45) is 1.53. The molecular formula is C28H32N4O4. The molecule has 0 spiro atoms. The molecule has 4 rings (SSSR count). The summed E-state index contributed by atoms with van der Waals surface area (Å²) >= 11 is 0. The van der Waals surface area contributed by atoms with Gasteiger partial charge in [0.25, 0.3) is 0 Å². The third kappa shape index (κ3) is 5.27. The first-order valence-corrected chi connectivity index (χ1v) is 12.0. The average Bonchev–Trinajstić information content (AvgIpc) is 3.21. The van der Waals surface area contributed by atoms with Crippen LogP contribution in [0.5, 0.6) is 5.88 Å². The zero-order valence-corrected chi connectivity index (χ0v) is 21.3. The van der Waals surface area contributed by atoms with E-state index in [4.69, 9.17) is 19.9 Å². The first-order chi connectivity index (χ1) is 17.0. The summed E-state index contributed by atoms with van der Waals surface area (Å²) in [5.41, 5.74) is 1.85. The summed E-state index contributed by atoms with van der Waals surface area (Å²) in [4.78, 5) is 17.7. The van der Waals surface area contributed by atoms with Crippen molar-refractivity contribution in [3.8, 4) is 17.1 Å². The zero-order valence-electron chi connectivity index (χ0n) is 21.3. The molecule has 8 heteroatoms. The van der Waals surface area contributed by atoms with Crippen LogP contribution in [0.2, 0.25) is 0 Å². The Balaban J connectivity index is 1.86. The predicted octanol–water partition coefficient (Wildman–Crippen LogP) is 5.78. The summed E-state index contributed by atoms with van der Waals surface area (Å²) in [6.45, 7) is 9.72. The Morgan fingerprint density at radius 3 is 2.42 bits per heavy atom. The smallest absolute Gasteiger partial charge is 0.419 e. The van der Waals surface area contributed by atoms with Crippen LogP contribution in [-0.4, -0.2) is 31.2 Å². The second-order valence-corrected chi connectivity index (χ2v) is 10.2. The van der Waals surface area contributed by atoms with Crippen molar-refractivity contribution in [2.45, 2.75) is 53.2 Å². The summed E-state index contributed by atoms with van der Waals surface area (Å²) in [5.74, 6) is 0.443. The number of aromatic nitrogens is 3. The fourth-order valence-corrected chi connectivity index (χ4v) is 3.97. The number of rotatable bonds is 6. The SMILES string of the molecule is CC(C)Cc1c(OCc2ccccc2)nc(-c2cn(C(=O)OC(C)(C)C)c3ccccc23)c(=N)n1O. The molecule has 0 bridgehead atoms. The van der Waals surface area contributed by atoms with Crippen molar-refractivity contribution in [1.82, 2.24) is 14.3 Å². The molecule has 0 saturated carbocycles. The molecule has 0 saturated heterocycles. The van der Waals surface area contributed by atoms with Crippen LogP contribution in [0, 0.1) is 11.3 Å². The highest BCUT2D eigenvalue weighted by Crippen LogP contribution is 2.31. The van der Waals surface area contributed by atoms with Gasteiger partial charge in [0, 0.05) is 17.1 Å². The first kappa shape index (κ1) is 25.0. The normalized spacial score (nSPS) is 11.7. The second kappa shape index (κ2) is 9.89. The topological polar surface area (TPSA) is 102 Å². The number of carbonyl (C=O) groups excluding carboxylic acids is 1. The highest BCUT2D eigenvalue weighted by Gasteiger charge is 2.24. The number of fused-ring (bicyclic) bond motifs is 1. The Bertz CT molecular complexity index is 1450. The quantitative estimate of drug-likeness (QED) is 0.335. The van der Waals surface area contributed by atoms with Gasteiger partial charge in [0.1, 0.15) is 23.6 Å². The molecule has 8 nitrogen and oxygen atoms in total. The van der Waals surface area contributed by atoms with Crippen LogP contribution in [0.1, 0.15) is 45.9 Å². The summed E-state index contributed by atoms with van der Waals surface area (Å²) in [6, 6.07) is 17.0. The molecule has 2 aromatic heterocycles. The summed E-state index contributed by atoms with van der Waals surface area (Å²) in [7, 11) is 0. The van der Waals surface area contributed by atoms with E-state index < -0.39 is 11.7 Å². The molecule has 0 aliphatic carbocycles. The fourth-order valence-electron chi connectivity index (χ4n) is 3.97. The highest BCUT2D eigenvalue weighted by atomic mass is 16.6. The van der Waals surface area contributed by atoms with E-state index in [2.05, 4.69) is 0 Å². The van der Waals surface area contributed by atoms with E-state index in [9.17, 15) is 10.0 Å². The molecule has 0 atom stereocenters. The maximum absolute atomic E-state index is 13.0. The van der Waals surface area contributed by atoms with Gasteiger partial charge in [0.15, 0.2) is 5.49 Å². The summed E-state index contributed by atoms with van der Waals surface area (Å²) < 4.78 is 13.9. The molecule has 4 aromatic rings. The average molecular weight is 489 g/mol. The third-order valence-corrected chi connectivity index (χ3v) is 5.53. The Labute approximate surface area is 210 Å². The molecule has 2 heterocycles. The van der Waals surface area contributed by atoms with Crippen LogP contribution in [0.3, 0.4) is 0 Å². The van der Waals surface area contributed by atoms with Gasteiger partial charge in [0.2, 0.25) is 5.88 Å². The van der Waals surface area contributed by atoms with Gasteiger partial charge in [-0.15, -0.1) is 0 Å². The molecular weight excluding hydrogens is 456 g/mol. The van der Waals surface area contributed by atoms with Crippen LogP contribution >= 0.6 is 0 Å². The van der Waals surface area contributed by atoms with Gasteiger partial charge >= 0.3 is 6.09 Å². The van der Waals surface area contributed by atoms with Crippen molar-refractivity contribution in [1.29, 1.82) is 5.41 Å². The molecule has 188 valence electrons. The molecule has 36 heavy (non-hydrogen) atoms. The van der Waals surface area contributed by atoms with E-state index in [-0.39, 0.29) is 29.6 Å². The van der Waals surface area contributed by atoms with E-state index in [1.165, 1.54) is 4.57 Å². The van der Waals surface area contributed by atoms with Crippen LogP contribution in [0.25, 0.3) is 22.2 Å². The van der Waals surface area contributed by atoms with E-state index in [0.717, 1.165) is 10.3 Å². The van der Waals surface area contributed by atoms with Gasteiger partial charge in [-0.25, -0.2) is 9.78 Å². The zero-order chi connectivity index (χ0) is 26.0. The lowest BCUT2D eigenvalue weighted by molar-refractivity contribution is 0.0544. The molecule has 0 amide bonds. The Hall–Kier alpha value is -4.07. The third-order valence-electron chi connectivity index (χ3n) is 5.53. The monoisotopic (exact) mass is 488 g/mol. The number of hydrogen-bond acceptors (Lipinski definition) is 6. The number of nitrogens with one attached hydrogen (secondary N) is 1. The molecule has 0 aliphatic heterocycles. The lowest BCUT2D eigenvalue weighted by atomic mass is 10.1. The number of benzene rings is 2. The summed E-state index contributed by atoms with van der Waals surface area (Å²) in [5, 5.41) is 20.4. The molecule has 0 fully saturated rings. The minimum atomic E-state index is -0.674. The van der Waals surface area contributed by atoms with Gasteiger partial charge < -0.3 is 14.7 Å². The van der Waals surface area contributed by atoms with Gasteiger partial charge in [-0.2, -0.15) is 4.73 Å². The minimum Gasteiger partial charge on any atom is -0.471 e. The molecule has 0 aliphatic rings. The number of para-hydroxylation sites is 1. The Kier molecular flexibility index (Phi) is 6.88. The van der Waals surface area contributed by atoms with Gasteiger partial charge in [-0.1, -0.05) is 62.4 Å². The standard InChI is InChI=1S/C28H32N4O4/c1-18(2)15-23-26(35-17-19-11-7-6-8-12-19)30-24(25(29)32(23)34)21-16-31(27(33)36-28(3,4)5)22-14-10-9-13-20(21)22/h6-14,16,18,29,34H,15,17H2,1-5H3. The van der Waals surface area contributed by atoms with E-state index in [1.807, 2.05) is 62.4 Å². The molecule has 0 unspecified atom stereocenters. The lowest BCUT2D eigenvalue weighted by Gasteiger charge is -2.19. The predicted molar refractivity (Wildman–Crippen MR) is 137 cm³/mol. The fraction of sp³-hybridized carbons (Fsp3) is 0.321. The van der Waals surface area contributed by atoms with Crippen molar-refractivity contribution < 1.29 is 19.5 Å². The first-order valence-electron chi connectivity index (χ1n) is 12.0. The minimum absolute atomic E-state index is 0.190. The highest BCUT2D eigenvalue weighted by molar-refractivity contribution is 5.99. The largest absolute Gasteiger partial charge is 0.471 e. The van der Waals surface area contributed by atoms with Crippen molar-refractivity contribution in [3.05, 3.63) is 77.5 Å². The molecule has 2 aromatic carbocycles. The van der Waals surface area contributed by atoms with Crippen LogP contribution in [0.15, 0.2) is 60.8 Å². The molecule has 0 radical (unpaired) electrons. The van der Waals surface area contributed by atoms with Gasteiger partial charge in [-0.05, 0) is 44.7 Å². The van der Waals surface area contributed by atoms with Crippen LogP contribution in [-0.2, 0) is 17.8 Å². The Morgan fingerprint density at radius 2 is 1.75 bits per heavy atom. The number of carbonyl (C=O) groups is 1. The van der Waals surface area contributed by atoms with Crippen LogP contribution in [0.4, 0.5) is 4.79 Å². The van der Waals surface area contributed by atoms with Gasteiger partial charge in [0.05, 0.1) is 5.52 Å². The van der Waals surface area contributed by atoms with E-state index in [1.54, 1.807) is 33.0 Å². The lowest BCUT2D eigenvalue weighted by Crippen LogP contribution is -2.27. The van der Waals surface area contributed by atoms with Crippen molar-refractivity contribution >= 4 is 17.0 Å². The van der Waals surface area contributed by atoms with E-state index >= 15 is 0 Å². The number of nitrogens with zero attached hydrogens (tertiary/aromatic N) is 3. The maximum atomic E-state index is 13.0. The maximum Gasteiger partial charge on any atom is 0.419 e. The van der Waals surface area contributed by atoms with Crippen LogP contribution < -0.4 is 10.2 Å². The van der Waals surface area contributed by atoms with Crippen molar-refractivity contribution in [2.75, 3.05) is 0 Å². The van der Waals surface area contributed by atoms with Gasteiger partial charge in [-0.3, -0.25) is 9.98 Å². The molecule has 2 N–H and O–H groups in total. The van der Waals surface area contributed by atoms with Crippen molar-refractivity contribution in [2.24, 2.45) is 5.92 Å². The number of hydrogen-bond donors (Lipinski definition) is 2. The number of ether oxygens (including phenoxy) is 2. The van der Waals surface area contributed by atoms with Crippen molar-refractivity contribution in [3.63, 3.8) is 0 Å². The second-order valence-electron chi connectivity index (χ2n) is 10.2.